The number of sulfonamides is 1. The molecule has 0 aromatic carbocycles. The van der Waals surface area contributed by atoms with Gasteiger partial charge in [0.15, 0.2) is 5.03 Å². The lowest BCUT2D eigenvalue weighted by molar-refractivity contribution is 0.397. The number of nitrogens with zero attached hydrogens (tertiary/aromatic N) is 2. The van der Waals surface area contributed by atoms with Crippen LogP contribution in [0.25, 0.3) is 0 Å². The van der Waals surface area contributed by atoms with Crippen LogP contribution < -0.4 is 5.32 Å². The lowest BCUT2D eigenvalue weighted by Crippen LogP contribution is -2.33. The minimum Gasteiger partial charge on any atom is -0.386 e. The van der Waals surface area contributed by atoms with Crippen LogP contribution in [0, 0.1) is 0 Å². The molecule has 1 aliphatic rings. The highest BCUT2D eigenvalue weighted by Crippen LogP contribution is 2.34. The average Bonchev–Trinajstić information content (AvgIpc) is 3.20. The van der Waals surface area contributed by atoms with Crippen LogP contribution in [0.15, 0.2) is 40.2 Å². The van der Waals surface area contributed by atoms with Crippen LogP contribution in [0.3, 0.4) is 0 Å². The molecule has 0 aliphatic heterocycles. The summed E-state index contributed by atoms with van der Waals surface area (Å²) in [5.41, 5.74) is 1.56. The zero-order valence-corrected chi connectivity index (χ0v) is 13.3. The fraction of sp³-hybridized carbons (Fsp3) is 0.357. The molecule has 0 amide bonds. The van der Waals surface area contributed by atoms with Crippen molar-refractivity contribution < 1.29 is 8.42 Å². The highest BCUT2D eigenvalue weighted by Gasteiger charge is 2.39. The van der Waals surface area contributed by atoms with Gasteiger partial charge in [-0.15, -0.1) is 0 Å². The van der Waals surface area contributed by atoms with Gasteiger partial charge >= 0.3 is 0 Å². The second-order valence-electron chi connectivity index (χ2n) is 5.02. The molecule has 0 bridgehead atoms. The highest BCUT2D eigenvalue weighted by atomic mass is 32.2. The molecule has 2 heterocycles. The van der Waals surface area contributed by atoms with E-state index in [1.54, 1.807) is 34.8 Å². The van der Waals surface area contributed by atoms with Crippen molar-refractivity contribution in [1.82, 2.24) is 9.29 Å². The molecule has 1 fully saturated rings. The van der Waals surface area contributed by atoms with Gasteiger partial charge in [0.2, 0.25) is 0 Å². The lowest BCUT2D eigenvalue weighted by Gasteiger charge is -2.22. The van der Waals surface area contributed by atoms with E-state index in [4.69, 9.17) is 0 Å². The second-order valence-corrected chi connectivity index (χ2v) is 7.61. The maximum absolute atomic E-state index is 12.9. The Bertz CT molecular complexity index is 710. The van der Waals surface area contributed by atoms with Crippen molar-refractivity contribution in [2.24, 2.45) is 0 Å². The molecule has 0 saturated heterocycles. The van der Waals surface area contributed by atoms with Gasteiger partial charge in [0.25, 0.3) is 10.0 Å². The first kappa shape index (κ1) is 14.5. The van der Waals surface area contributed by atoms with Gasteiger partial charge in [0, 0.05) is 25.8 Å². The fourth-order valence-electron chi connectivity index (χ4n) is 2.23. The van der Waals surface area contributed by atoms with Crippen LogP contribution in [0.5, 0.6) is 0 Å². The Hall–Kier alpha value is -1.44. The number of thiophene rings is 1. The summed E-state index contributed by atoms with van der Waals surface area (Å²) < 4.78 is 27.5. The van der Waals surface area contributed by atoms with Gasteiger partial charge in [-0.1, -0.05) is 0 Å². The molecule has 0 atom stereocenters. The third kappa shape index (κ3) is 2.95. The summed E-state index contributed by atoms with van der Waals surface area (Å²) in [5.74, 6) is 0. The van der Waals surface area contributed by atoms with E-state index >= 15 is 0 Å². The molecule has 1 N–H and O–H groups in total. The molecule has 2 aromatic heterocycles. The molecule has 1 saturated carbocycles. The summed E-state index contributed by atoms with van der Waals surface area (Å²) in [5, 5.41) is 6.97. The normalized spacial score (nSPS) is 15.3. The standard InChI is InChI=1S/C14H17N3O2S2/c1-15-13-3-2-7-16-14(13)21(18,19)17(12-4-5-12)9-11-6-8-20-10-11/h2-3,6-8,10,12,15H,4-5,9H2,1H3. The highest BCUT2D eigenvalue weighted by molar-refractivity contribution is 7.89. The van der Waals surface area contributed by atoms with E-state index < -0.39 is 10.0 Å². The molecule has 0 unspecified atom stereocenters. The van der Waals surface area contributed by atoms with Gasteiger partial charge in [-0.2, -0.15) is 15.6 Å². The van der Waals surface area contributed by atoms with Gasteiger partial charge in [-0.25, -0.2) is 13.4 Å². The second kappa shape index (κ2) is 5.75. The van der Waals surface area contributed by atoms with E-state index in [1.165, 1.54) is 6.20 Å². The Morgan fingerprint density at radius 2 is 2.24 bits per heavy atom. The number of nitrogens with one attached hydrogen (secondary N) is 1. The topological polar surface area (TPSA) is 62.3 Å². The zero-order chi connectivity index (χ0) is 14.9. The quantitative estimate of drug-likeness (QED) is 0.887. The van der Waals surface area contributed by atoms with Crippen LogP contribution in [0.4, 0.5) is 5.69 Å². The maximum Gasteiger partial charge on any atom is 0.263 e. The van der Waals surface area contributed by atoms with Gasteiger partial charge < -0.3 is 5.32 Å². The smallest absolute Gasteiger partial charge is 0.263 e. The van der Waals surface area contributed by atoms with Gasteiger partial charge in [-0.3, -0.25) is 0 Å². The van der Waals surface area contributed by atoms with Crippen LogP contribution >= 0.6 is 11.3 Å². The Labute approximate surface area is 128 Å². The summed E-state index contributed by atoms with van der Waals surface area (Å²) in [4.78, 5) is 4.09. The Kier molecular flexibility index (Phi) is 3.97. The van der Waals surface area contributed by atoms with Crippen molar-refractivity contribution in [1.29, 1.82) is 0 Å². The van der Waals surface area contributed by atoms with Crippen molar-refractivity contribution >= 4 is 27.0 Å². The number of pyridine rings is 1. The largest absolute Gasteiger partial charge is 0.386 e. The number of aromatic nitrogens is 1. The van der Waals surface area contributed by atoms with Gasteiger partial charge in [0.1, 0.15) is 0 Å². The molecule has 0 radical (unpaired) electrons. The lowest BCUT2D eigenvalue weighted by atomic mass is 10.3. The SMILES string of the molecule is CNc1cccnc1S(=O)(=O)N(Cc1ccsc1)C1CC1. The third-order valence-electron chi connectivity index (χ3n) is 3.47. The van der Waals surface area contributed by atoms with Crippen LogP contribution in [0.2, 0.25) is 0 Å². The van der Waals surface area contributed by atoms with E-state index in [0.29, 0.717) is 12.2 Å². The molecule has 5 nitrogen and oxygen atoms in total. The van der Waals surface area contributed by atoms with Crippen molar-refractivity contribution in [3.63, 3.8) is 0 Å². The van der Waals surface area contributed by atoms with Gasteiger partial charge in [-0.05, 0) is 47.4 Å². The summed E-state index contributed by atoms with van der Waals surface area (Å²) in [7, 11) is -1.89. The van der Waals surface area contributed by atoms with E-state index in [-0.39, 0.29) is 11.1 Å². The van der Waals surface area contributed by atoms with Crippen LogP contribution in [-0.2, 0) is 16.6 Å². The molecule has 21 heavy (non-hydrogen) atoms. The molecular weight excluding hydrogens is 306 g/mol. The fourth-order valence-corrected chi connectivity index (χ4v) is 4.68. The van der Waals surface area contributed by atoms with Gasteiger partial charge in [0.05, 0.1) is 5.69 Å². The maximum atomic E-state index is 12.9. The molecule has 1 aliphatic carbocycles. The Morgan fingerprint density at radius 3 is 2.86 bits per heavy atom. The number of hydrogen-bond donors (Lipinski definition) is 1. The minimum atomic E-state index is -3.59. The van der Waals surface area contributed by atoms with Crippen molar-refractivity contribution in [2.75, 3.05) is 12.4 Å². The first-order valence-corrected chi connectivity index (χ1v) is 9.17. The minimum absolute atomic E-state index is 0.0987. The van der Waals surface area contributed by atoms with E-state index in [9.17, 15) is 8.42 Å². The van der Waals surface area contributed by atoms with Crippen molar-refractivity contribution in [3.05, 3.63) is 40.7 Å². The summed E-state index contributed by atoms with van der Waals surface area (Å²) >= 11 is 1.58. The predicted molar refractivity (Wildman–Crippen MR) is 83.9 cm³/mol. The van der Waals surface area contributed by atoms with Crippen LogP contribution in [0.1, 0.15) is 18.4 Å². The summed E-state index contributed by atoms with van der Waals surface area (Å²) in [6.45, 7) is 0.413. The number of rotatable bonds is 6. The summed E-state index contributed by atoms with van der Waals surface area (Å²) in [6, 6.07) is 5.52. The van der Waals surface area contributed by atoms with Crippen LogP contribution in [-0.4, -0.2) is 30.8 Å². The first-order valence-electron chi connectivity index (χ1n) is 6.78. The Balaban J connectivity index is 1.97. The molecule has 7 heteroatoms. The van der Waals surface area contributed by atoms with E-state index in [1.807, 2.05) is 16.8 Å². The Morgan fingerprint density at radius 1 is 1.43 bits per heavy atom. The monoisotopic (exact) mass is 323 g/mol. The number of anilines is 1. The number of hydrogen-bond acceptors (Lipinski definition) is 5. The predicted octanol–water partition coefficient (Wildman–Crippen LogP) is 2.54. The van der Waals surface area contributed by atoms with Crippen molar-refractivity contribution in [3.8, 4) is 0 Å². The third-order valence-corrected chi connectivity index (χ3v) is 6.06. The van der Waals surface area contributed by atoms with Crippen molar-refractivity contribution in [2.45, 2.75) is 30.5 Å². The molecule has 0 spiro atoms. The zero-order valence-electron chi connectivity index (χ0n) is 11.7. The van der Waals surface area contributed by atoms with E-state index in [0.717, 1.165) is 18.4 Å². The molecule has 112 valence electrons. The molecule has 3 rings (SSSR count). The molecular formula is C14H17N3O2S2. The molecule has 2 aromatic rings. The average molecular weight is 323 g/mol. The van der Waals surface area contributed by atoms with E-state index in [2.05, 4.69) is 10.3 Å². The first-order chi connectivity index (χ1) is 10.1. The summed E-state index contributed by atoms with van der Waals surface area (Å²) in [6.07, 6.45) is 3.36.